The van der Waals surface area contributed by atoms with Crippen molar-refractivity contribution in [3.8, 4) is 23.0 Å². The monoisotopic (exact) mass is 467 g/mol. The van der Waals surface area contributed by atoms with Crippen LogP contribution < -0.4 is 14.4 Å². The molecule has 0 bridgehead atoms. The van der Waals surface area contributed by atoms with E-state index in [1.165, 1.54) is 0 Å². The summed E-state index contributed by atoms with van der Waals surface area (Å²) in [5, 5.41) is 13.7. The SMILES string of the molecule is CCOc1ccnc(N(C)Cc2c(-c3ncc(O[C@H]4CCC[C@H](C(=O)O)C4)cn3)cnn2C)n1. The Kier molecular flexibility index (Phi) is 7.19. The molecule has 0 unspecified atom stereocenters. The molecule has 3 aromatic heterocycles. The van der Waals surface area contributed by atoms with Crippen LogP contribution in [-0.2, 0) is 18.4 Å². The van der Waals surface area contributed by atoms with E-state index in [2.05, 4.69) is 25.0 Å². The van der Waals surface area contributed by atoms with E-state index in [4.69, 9.17) is 9.47 Å². The van der Waals surface area contributed by atoms with E-state index in [1.807, 2.05) is 25.9 Å². The van der Waals surface area contributed by atoms with Crippen LogP contribution in [-0.4, -0.2) is 60.6 Å². The fraction of sp³-hybridized carbons (Fsp3) is 0.478. The maximum atomic E-state index is 11.3. The summed E-state index contributed by atoms with van der Waals surface area (Å²) in [6.45, 7) is 2.93. The number of hydrogen-bond acceptors (Lipinski definition) is 9. The van der Waals surface area contributed by atoms with Crippen molar-refractivity contribution >= 4 is 11.9 Å². The fourth-order valence-electron chi connectivity index (χ4n) is 4.06. The molecule has 0 saturated heterocycles. The first kappa shape index (κ1) is 23.4. The van der Waals surface area contributed by atoms with E-state index in [0.717, 1.165) is 24.1 Å². The van der Waals surface area contributed by atoms with Crippen molar-refractivity contribution in [2.75, 3.05) is 18.6 Å². The standard InChI is InChI=1S/C23H29N7O4/c1-4-33-20-8-9-24-23(28-20)29(2)14-19-18(13-27-30(19)3)21-25-11-17(12-26-21)34-16-7-5-6-15(10-16)22(31)32/h8-9,11-13,15-16H,4-7,10,14H2,1-3H3,(H,31,32)/t15-,16-/m0/s1. The van der Waals surface area contributed by atoms with Crippen molar-refractivity contribution in [2.45, 2.75) is 45.3 Å². The average Bonchev–Trinajstić information content (AvgIpc) is 3.20. The first-order chi connectivity index (χ1) is 16.4. The van der Waals surface area contributed by atoms with Crippen LogP contribution >= 0.6 is 0 Å². The number of carboxylic acid groups (broad SMARTS) is 1. The van der Waals surface area contributed by atoms with Crippen LogP contribution in [0.5, 0.6) is 11.6 Å². The molecular formula is C23H29N7O4. The molecule has 0 amide bonds. The molecule has 34 heavy (non-hydrogen) atoms. The van der Waals surface area contributed by atoms with Crippen molar-refractivity contribution in [2.24, 2.45) is 13.0 Å². The number of aryl methyl sites for hydroxylation is 1. The Hall–Kier alpha value is -3.76. The zero-order valence-corrected chi connectivity index (χ0v) is 19.6. The molecule has 3 heterocycles. The van der Waals surface area contributed by atoms with Gasteiger partial charge in [0.25, 0.3) is 0 Å². The summed E-state index contributed by atoms with van der Waals surface area (Å²) in [5.41, 5.74) is 1.70. The zero-order chi connectivity index (χ0) is 24.1. The summed E-state index contributed by atoms with van der Waals surface area (Å²) in [6.07, 6.45) is 9.38. The van der Waals surface area contributed by atoms with Gasteiger partial charge < -0.3 is 19.5 Å². The molecule has 1 N–H and O–H groups in total. The number of aromatic nitrogens is 6. The Balaban J connectivity index is 1.46. The number of aliphatic carboxylic acids is 1. The quantitative estimate of drug-likeness (QED) is 0.501. The molecule has 1 saturated carbocycles. The Morgan fingerprint density at radius 1 is 1.24 bits per heavy atom. The second kappa shape index (κ2) is 10.4. The summed E-state index contributed by atoms with van der Waals surface area (Å²) < 4.78 is 13.2. The van der Waals surface area contributed by atoms with Crippen LogP contribution in [0.1, 0.15) is 38.3 Å². The van der Waals surface area contributed by atoms with E-state index < -0.39 is 5.97 Å². The van der Waals surface area contributed by atoms with Crippen molar-refractivity contribution in [3.05, 3.63) is 36.5 Å². The molecule has 0 radical (unpaired) electrons. The molecule has 180 valence electrons. The highest BCUT2D eigenvalue weighted by molar-refractivity contribution is 5.70. The lowest BCUT2D eigenvalue weighted by Crippen LogP contribution is -2.29. The van der Waals surface area contributed by atoms with Gasteiger partial charge in [0.15, 0.2) is 11.6 Å². The highest BCUT2D eigenvalue weighted by Crippen LogP contribution is 2.28. The van der Waals surface area contributed by atoms with Crippen LogP contribution in [0, 0.1) is 5.92 Å². The number of hydrogen-bond donors (Lipinski definition) is 1. The van der Waals surface area contributed by atoms with E-state index >= 15 is 0 Å². The number of ether oxygens (including phenoxy) is 2. The fourth-order valence-corrected chi connectivity index (χ4v) is 4.06. The highest BCUT2D eigenvalue weighted by atomic mass is 16.5. The lowest BCUT2D eigenvalue weighted by Gasteiger charge is -2.27. The second-order valence-electron chi connectivity index (χ2n) is 8.30. The lowest BCUT2D eigenvalue weighted by atomic mass is 9.87. The molecular weight excluding hydrogens is 438 g/mol. The maximum absolute atomic E-state index is 11.3. The topological polar surface area (TPSA) is 128 Å². The van der Waals surface area contributed by atoms with Gasteiger partial charge >= 0.3 is 5.97 Å². The number of rotatable bonds is 9. The molecule has 11 heteroatoms. The van der Waals surface area contributed by atoms with Crippen LogP contribution in [0.4, 0.5) is 5.95 Å². The normalized spacial score (nSPS) is 17.9. The van der Waals surface area contributed by atoms with Gasteiger partial charge in [-0.3, -0.25) is 9.48 Å². The predicted octanol–water partition coefficient (Wildman–Crippen LogP) is 2.72. The largest absolute Gasteiger partial charge is 0.487 e. The first-order valence-corrected chi connectivity index (χ1v) is 11.3. The number of nitrogens with zero attached hydrogens (tertiary/aromatic N) is 7. The molecule has 4 rings (SSSR count). The number of anilines is 1. The summed E-state index contributed by atoms with van der Waals surface area (Å²) >= 11 is 0. The minimum absolute atomic E-state index is 0.139. The smallest absolute Gasteiger partial charge is 0.306 e. The van der Waals surface area contributed by atoms with Crippen LogP contribution in [0.25, 0.3) is 11.4 Å². The number of carbonyl (C=O) groups is 1. The van der Waals surface area contributed by atoms with Crippen LogP contribution in [0.15, 0.2) is 30.9 Å². The summed E-state index contributed by atoms with van der Waals surface area (Å²) in [5.74, 6) is 1.01. The summed E-state index contributed by atoms with van der Waals surface area (Å²) in [7, 11) is 3.76. The van der Waals surface area contributed by atoms with Crippen LogP contribution in [0.2, 0.25) is 0 Å². The first-order valence-electron chi connectivity index (χ1n) is 11.3. The van der Waals surface area contributed by atoms with Crippen molar-refractivity contribution in [3.63, 3.8) is 0 Å². The van der Waals surface area contributed by atoms with Gasteiger partial charge in [0, 0.05) is 26.4 Å². The second-order valence-corrected chi connectivity index (χ2v) is 8.30. The van der Waals surface area contributed by atoms with Crippen LogP contribution in [0.3, 0.4) is 0 Å². The predicted molar refractivity (Wildman–Crippen MR) is 124 cm³/mol. The lowest BCUT2D eigenvalue weighted by molar-refractivity contribution is -0.143. The molecule has 0 spiro atoms. The molecule has 11 nitrogen and oxygen atoms in total. The third-order valence-electron chi connectivity index (χ3n) is 5.85. The van der Waals surface area contributed by atoms with Gasteiger partial charge in [0.05, 0.1) is 55.0 Å². The number of carboxylic acids is 1. The molecule has 0 aromatic carbocycles. The van der Waals surface area contributed by atoms with Crippen molar-refractivity contribution in [1.29, 1.82) is 0 Å². The average molecular weight is 468 g/mol. The van der Waals surface area contributed by atoms with E-state index in [9.17, 15) is 9.90 Å². The molecule has 0 aliphatic heterocycles. The van der Waals surface area contributed by atoms with Gasteiger partial charge in [-0.2, -0.15) is 10.1 Å². The zero-order valence-electron chi connectivity index (χ0n) is 19.6. The molecule has 1 aliphatic rings. The molecule has 3 aromatic rings. The van der Waals surface area contributed by atoms with Gasteiger partial charge in [-0.15, -0.1) is 0 Å². The third-order valence-corrected chi connectivity index (χ3v) is 5.85. The van der Waals surface area contributed by atoms with Gasteiger partial charge in [-0.25, -0.2) is 15.0 Å². The van der Waals surface area contributed by atoms with Crippen molar-refractivity contribution < 1.29 is 19.4 Å². The molecule has 2 atom stereocenters. The summed E-state index contributed by atoms with van der Waals surface area (Å²) in [4.78, 5) is 30.9. The molecule has 1 aliphatic carbocycles. The Bertz CT molecular complexity index is 1120. The van der Waals surface area contributed by atoms with E-state index in [1.54, 1.807) is 35.5 Å². The third kappa shape index (κ3) is 5.41. The minimum atomic E-state index is -0.760. The van der Waals surface area contributed by atoms with E-state index in [0.29, 0.717) is 49.4 Å². The van der Waals surface area contributed by atoms with E-state index in [-0.39, 0.29) is 12.0 Å². The Labute approximate surface area is 197 Å². The Morgan fingerprint density at radius 2 is 2.03 bits per heavy atom. The molecule has 1 fully saturated rings. The maximum Gasteiger partial charge on any atom is 0.306 e. The summed E-state index contributed by atoms with van der Waals surface area (Å²) in [6, 6.07) is 1.73. The van der Waals surface area contributed by atoms with Gasteiger partial charge in [0.2, 0.25) is 11.8 Å². The Morgan fingerprint density at radius 3 is 2.76 bits per heavy atom. The van der Waals surface area contributed by atoms with Gasteiger partial charge in [-0.05, 0) is 32.6 Å². The van der Waals surface area contributed by atoms with Gasteiger partial charge in [-0.1, -0.05) is 0 Å². The van der Waals surface area contributed by atoms with Crippen molar-refractivity contribution in [1.82, 2.24) is 29.7 Å². The highest BCUT2D eigenvalue weighted by Gasteiger charge is 2.28. The van der Waals surface area contributed by atoms with Gasteiger partial charge in [0.1, 0.15) is 0 Å². The minimum Gasteiger partial charge on any atom is -0.487 e.